The summed E-state index contributed by atoms with van der Waals surface area (Å²) in [7, 11) is 3.61. The number of hydrogen-bond acceptors (Lipinski definition) is 2. The zero-order valence-corrected chi connectivity index (χ0v) is 13.7. The standard InChI is InChI=1S/C18H22ClNO/c1-18(2,14-8-6-5-7-9-14)17(20-3)13-10-11-16(21-4)15(19)12-13/h5-12,17,20H,1-4H3. The van der Waals surface area contributed by atoms with Crippen molar-refractivity contribution in [1.29, 1.82) is 0 Å². The number of hydrogen-bond donors (Lipinski definition) is 1. The average Bonchev–Trinajstić information content (AvgIpc) is 2.49. The van der Waals surface area contributed by atoms with Crippen molar-refractivity contribution in [3.63, 3.8) is 0 Å². The highest BCUT2D eigenvalue weighted by Gasteiger charge is 2.31. The van der Waals surface area contributed by atoms with Gasteiger partial charge in [0, 0.05) is 11.5 Å². The third kappa shape index (κ3) is 3.22. The number of halogens is 1. The predicted octanol–water partition coefficient (Wildman–Crippen LogP) is 4.59. The molecule has 2 rings (SSSR count). The molecule has 0 heterocycles. The van der Waals surface area contributed by atoms with Crippen LogP contribution < -0.4 is 10.1 Å². The second-order valence-corrected chi connectivity index (χ2v) is 6.11. The first-order chi connectivity index (χ1) is 10.0. The van der Waals surface area contributed by atoms with Crippen molar-refractivity contribution in [2.75, 3.05) is 14.2 Å². The van der Waals surface area contributed by atoms with Crippen LogP contribution in [0.25, 0.3) is 0 Å². The zero-order chi connectivity index (χ0) is 15.5. The van der Waals surface area contributed by atoms with Gasteiger partial charge >= 0.3 is 0 Å². The van der Waals surface area contributed by atoms with Gasteiger partial charge in [-0.05, 0) is 30.3 Å². The van der Waals surface area contributed by atoms with Gasteiger partial charge in [-0.3, -0.25) is 0 Å². The molecular formula is C18H22ClNO. The van der Waals surface area contributed by atoms with Gasteiger partial charge in [-0.15, -0.1) is 0 Å². The molecule has 0 bridgehead atoms. The molecule has 0 radical (unpaired) electrons. The monoisotopic (exact) mass is 303 g/mol. The first-order valence-corrected chi connectivity index (χ1v) is 7.44. The van der Waals surface area contributed by atoms with Gasteiger partial charge in [-0.2, -0.15) is 0 Å². The fourth-order valence-corrected chi connectivity index (χ4v) is 3.11. The number of nitrogens with one attached hydrogen (secondary N) is 1. The van der Waals surface area contributed by atoms with E-state index in [-0.39, 0.29) is 11.5 Å². The van der Waals surface area contributed by atoms with E-state index in [0.29, 0.717) is 10.8 Å². The molecular weight excluding hydrogens is 282 g/mol. The van der Waals surface area contributed by atoms with E-state index in [1.807, 2.05) is 25.2 Å². The van der Waals surface area contributed by atoms with E-state index < -0.39 is 0 Å². The Morgan fingerprint density at radius 2 is 1.76 bits per heavy atom. The molecule has 0 aliphatic rings. The highest BCUT2D eigenvalue weighted by Crippen LogP contribution is 2.38. The van der Waals surface area contributed by atoms with Crippen LogP contribution in [0.2, 0.25) is 5.02 Å². The summed E-state index contributed by atoms with van der Waals surface area (Å²) in [4.78, 5) is 0. The average molecular weight is 304 g/mol. The van der Waals surface area contributed by atoms with E-state index in [9.17, 15) is 0 Å². The number of benzene rings is 2. The van der Waals surface area contributed by atoms with Crippen LogP contribution in [0.4, 0.5) is 0 Å². The SMILES string of the molecule is CNC(c1ccc(OC)c(Cl)c1)C(C)(C)c1ccccc1. The normalized spacial score (nSPS) is 13.0. The molecule has 1 N–H and O–H groups in total. The highest BCUT2D eigenvalue weighted by molar-refractivity contribution is 6.32. The lowest BCUT2D eigenvalue weighted by Crippen LogP contribution is -2.35. The van der Waals surface area contributed by atoms with Crippen LogP contribution in [0, 0.1) is 0 Å². The lowest BCUT2D eigenvalue weighted by Gasteiger charge is -2.35. The summed E-state index contributed by atoms with van der Waals surface area (Å²) in [6.45, 7) is 4.48. The summed E-state index contributed by atoms with van der Waals surface area (Å²) < 4.78 is 5.23. The van der Waals surface area contributed by atoms with Crippen LogP contribution >= 0.6 is 11.6 Å². The highest BCUT2D eigenvalue weighted by atomic mass is 35.5. The minimum atomic E-state index is -0.0616. The summed E-state index contributed by atoms with van der Waals surface area (Å²) in [6, 6.07) is 16.6. The van der Waals surface area contributed by atoms with Gasteiger partial charge in [0.1, 0.15) is 5.75 Å². The van der Waals surface area contributed by atoms with Gasteiger partial charge in [-0.25, -0.2) is 0 Å². The molecule has 1 unspecified atom stereocenters. The summed E-state index contributed by atoms with van der Waals surface area (Å²) in [5.74, 6) is 0.702. The van der Waals surface area contributed by atoms with Crippen molar-refractivity contribution in [2.45, 2.75) is 25.3 Å². The lowest BCUT2D eigenvalue weighted by atomic mass is 9.75. The Balaban J connectivity index is 2.41. The molecule has 2 aromatic carbocycles. The van der Waals surface area contributed by atoms with E-state index in [2.05, 4.69) is 49.5 Å². The molecule has 0 spiro atoms. The molecule has 0 saturated carbocycles. The van der Waals surface area contributed by atoms with E-state index in [1.54, 1.807) is 7.11 Å². The third-order valence-corrected chi connectivity index (χ3v) is 4.33. The third-order valence-electron chi connectivity index (χ3n) is 4.04. The minimum absolute atomic E-state index is 0.0616. The summed E-state index contributed by atoms with van der Waals surface area (Å²) >= 11 is 6.27. The molecule has 112 valence electrons. The largest absolute Gasteiger partial charge is 0.495 e. The summed E-state index contributed by atoms with van der Waals surface area (Å²) in [6.07, 6.45) is 0. The molecule has 0 aliphatic carbocycles. The van der Waals surface area contributed by atoms with Crippen molar-refractivity contribution < 1.29 is 4.74 Å². The predicted molar refractivity (Wildman–Crippen MR) is 89.3 cm³/mol. The smallest absolute Gasteiger partial charge is 0.137 e. The summed E-state index contributed by atoms with van der Waals surface area (Å²) in [5, 5.41) is 4.06. The Morgan fingerprint density at radius 1 is 1.10 bits per heavy atom. The Kier molecular flexibility index (Phi) is 4.92. The quantitative estimate of drug-likeness (QED) is 0.872. The molecule has 2 aromatic rings. The van der Waals surface area contributed by atoms with Gasteiger partial charge in [0.25, 0.3) is 0 Å². The van der Waals surface area contributed by atoms with Gasteiger partial charge in [-0.1, -0.05) is 61.8 Å². The van der Waals surface area contributed by atoms with E-state index >= 15 is 0 Å². The van der Waals surface area contributed by atoms with E-state index in [1.165, 1.54) is 5.56 Å². The van der Waals surface area contributed by atoms with E-state index in [4.69, 9.17) is 16.3 Å². The van der Waals surface area contributed by atoms with Crippen LogP contribution in [0.3, 0.4) is 0 Å². The van der Waals surface area contributed by atoms with Crippen LogP contribution in [0.5, 0.6) is 5.75 Å². The van der Waals surface area contributed by atoms with Crippen LogP contribution in [-0.4, -0.2) is 14.2 Å². The van der Waals surface area contributed by atoms with E-state index in [0.717, 1.165) is 5.56 Å². The maximum Gasteiger partial charge on any atom is 0.137 e. The van der Waals surface area contributed by atoms with Crippen LogP contribution in [0.1, 0.15) is 31.0 Å². The topological polar surface area (TPSA) is 21.3 Å². The Morgan fingerprint density at radius 3 is 2.29 bits per heavy atom. The van der Waals surface area contributed by atoms with Crippen LogP contribution in [0.15, 0.2) is 48.5 Å². The molecule has 0 aliphatic heterocycles. The Hall–Kier alpha value is -1.51. The molecule has 0 aromatic heterocycles. The van der Waals surface area contributed by atoms with Gasteiger partial charge in [0.2, 0.25) is 0 Å². The first kappa shape index (κ1) is 15.9. The second kappa shape index (κ2) is 6.50. The van der Waals surface area contributed by atoms with Crippen molar-refractivity contribution in [3.05, 3.63) is 64.7 Å². The number of methoxy groups -OCH3 is 1. The van der Waals surface area contributed by atoms with Gasteiger partial charge < -0.3 is 10.1 Å². The second-order valence-electron chi connectivity index (χ2n) is 5.70. The van der Waals surface area contributed by atoms with Gasteiger partial charge in [0.05, 0.1) is 12.1 Å². The van der Waals surface area contributed by atoms with Crippen LogP contribution in [-0.2, 0) is 5.41 Å². The Bertz CT molecular complexity index is 595. The zero-order valence-electron chi connectivity index (χ0n) is 13.0. The molecule has 0 fully saturated rings. The first-order valence-electron chi connectivity index (χ1n) is 7.07. The molecule has 0 amide bonds. The number of ether oxygens (including phenoxy) is 1. The maximum atomic E-state index is 6.27. The molecule has 1 atom stereocenters. The van der Waals surface area contributed by atoms with Crippen molar-refractivity contribution in [1.82, 2.24) is 5.32 Å². The molecule has 0 saturated heterocycles. The maximum absolute atomic E-state index is 6.27. The fraction of sp³-hybridized carbons (Fsp3) is 0.333. The van der Waals surface area contributed by atoms with Gasteiger partial charge in [0.15, 0.2) is 0 Å². The lowest BCUT2D eigenvalue weighted by molar-refractivity contribution is 0.367. The fourth-order valence-electron chi connectivity index (χ4n) is 2.84. The van der Waals surface area contributed by atoms with Crippen molar-refractivity contribution in [2.24, 2.45) is 0 Å². The molecule has 21 heavy (non-hydrogen) atoms. The van der Waals surface area contributed by atoms with Crippen molar-refractivity contribution in [3.8, 4) is 5.75 Å². The molecule has 2 nitrogen and oxygen atoms in total. The number of likely N-dealkylation sites (N-methyl/N-ethyl adjacent to an activating group) is 1. The molecule has 3 heteroatoms. The Labute approximate surface area is 132 Å². The minimum Gasteiger partial charge on any atom is -0.495 e. The summed E-state index contributed by atoms with van der Waals surface area (Å²) in [5.41, 5.74) is 2.38. The van der Waals surface area contributed by atoms with Crippen molar-refractivity contribution >= 4 is 11.6 Å². The number of rotatable bonds is 5.